The summed E-state index contributed by atoms with van der Waals surface area (Å²) in [5.74, 6) is -0.411. The van der Waals surface area contributed by atoms with Crippen LogP contribution in [0.25, 0.3) is 0 Å². The van der Waals surface area contributed by atoms with E-state index in [4.69, 9.17) is 13.6 Å². The van der Waals surface area contributed by atoms with Gasteiger partial charge in [0.15, 0.2) is 16.6 Å². The highest BCUT2D eigenvalue weighted by molar-refractivity contribution is 6.74. The fourth-order valence-corrected chi connectivity index (χ4v) is 6.06. The van der Waals surface area contributed by atoms with Crippen molar-refractivity contribution in [1.82, 2.24) is 0 Å². The largest absolute Gasteiger partial charge is 0.466 e. The van der Waals surface area contributed by atoms with E-state index in [1.54, 1.807) is 6.92 Å². The van der Waals surface area contributed by atoms with E-state index in [-0.39, 0.29) is 40.4 Å². The molecule has 0 aromatic carbocycles. The van der Waals surface area contributed by atoms with Crippen molar-refractivity contribution in [2.45, 2.75) is 116 Å². The average molecular weight is 461 g/mol. The maximum absolute atomic E-state index is 12.3. The number of carbonyl (C=O) groups is 1. The summed E-state index contributed by atoms with van der Waals surface area (Å²) in [6.07, 6.45) is 0.359. The molecule has 7 heteroatoms. The SMILES string of the molecule is CCOC(=O)CC1(O)C[C@H](O[Si](C)(C)C(C)(C)C)[C@H](C)[C@H]1CO[Si](C)(C)C(C)(C)C. The van der Waals surface area contributed by atoms with Gasteiger partial charge in [-0.2, -0.15) is 0 Å². The molecule has 30 heavy (non-hydrogen) atoms. The van der Waals surface area contributed by atoms with Crippen molar-refractivity contribution in [1.29, 1.82) is 0 Å². The number of esters is 1. The molecular weight excluding hydrogens is 412 g/mol. The van der Waals surface area contributed by atoms with Crippen molar-refractivity contribution < 1.29 is 23.5 Å². The van der Waals surface area contributed by atoms with Gasteiger partial charge in [-0.3, -0.25) is 4.79 Å². The second-order valence-electron chi connectivity index (χ2n) is 12.2. The standard InChI is InChI=1S/C23H48O5Si2/c1-13-26-20(24)15-23(25)14-19(28-30(11,12)22(6,7)8)17(2)18(23)16-27-29(9,10)21(3,4)5/h17-19,25H,13-16H2,1-12H3/t17-,18-,19+,23?/m1/s1. The number of ether oxygens (including phenoxy) is 1. The van der Waals surface area contributed by atoms with Gasteiger partial charge < -0.3 is 18.7 Å². The summed E-state index contributed by atoms with van der Waals surface area (Å²) in [4.78, 5) is 12.3. The van der Waals surface area contributed by atoms with E-state index in [2.05, 4.69) is 74.7 Å². The van der Waals surface area contributed by atoms with Gasteiger partial charge in [-0.25, -0.2) is 0 Å². The van der Waals surface area contributed by atoms with Gasteiger partial charge in [-0.15, -0.1) is 0 Å². The third kappa shape index (κ3) is 6.40. The summed E-state index contributed by atoms with van der Waals surface area (Å²) in [6, 6.07) is 0. The van der Waals surface area contributed by atoms with Crippen molar-refractivity contribution in [2.75, 3.05) is 13.2 Å². The minimum Gasteiger partial charge on any atom is -0.466 e. The van der Waals surface area contributed by atoms with Crippen molar-refractivity contribution >= 4 is 22.6 Å². The second kappa shape index (κ2) is 9.34. The Kier molecular flexibility index (Phi) is 8.66. The summed E-state index contributed by atoms with van der Waals surface area (Å²) < 4.78 is 18.4. The van der Waals surface area contributed by atoms with Gasteiger partial charge >= 0.3 is 5.97 Å². The normalized spacial score (nSPS) is 28.6. The molecule has 0 aromatic heterocycles. The quantitative estimate of drug-likeness (QED) is 0.369. The van der Waals surface area contributed by atoms with Crippen LogP contribution in [0.3, 0.4) is 0 Å². The van der Waals surface area contributed by atoms with Crippen LogP contribution in [-0.2, 0) is 18.4 Å². The molecule has 1 rings (SSSR count). The van der Waals surface area contributed by atoms with Crippen molar-refractivity contribution in [3.63, 3.8) is 0 Å². The third-order valence-corrected chi connectivity index (χ3v) is 16.9. The highest BCUT2D eigenvalue weighted by Gasteiger charge is 2.55. The van der Waals surface area contributed by atoms with Gasteiger partial charge in [0.2, 0.25) is 0 Å². The Labute approximate surface area is 187 Å². The van der Waals surface area contributed by atoms with E-state index in [0.717, 1.165) is 0 Å². The molecule has 1 saturated carbocycles. The smallest absolute Gasteiger partial charge is 0.308 e. The fourth-order valence-electron chi connectivity index (χ4n) is 3.63. The summed E-state index contributed by atoms with van der Waals surface area (Å²) in [5.41, 5.74) is -1.17. The van der Waals surface area contributed by atoms with E-state index in [0.29, 0.717) is 19.6 Å². The molecule has 0 saturated heterocycles. The molecule has 0 radical (unpaired) electrons. The zero-order chi connectivity index (χ0) is 23.8. The Balaban J connectivity index is 3.14. The molecule has 0 amide bonds. The predicted molar refractivity (Wildman–Crippen MR) is 129 cm³/mol. The predicted octanol–water partition coefficient (Wildman–Crippen LogP) is 5.74. The summed E-state index contributed by atoms with van der Waals surface area (Å²) in [7, 11) is -3.99. The second-order valence-corrected chi connectivity index (χ2v) is 21.8. The maximum Gasteiger partial charge on any atom is 0.308 e. The first-order valence-corrected chi connectivity index (χ1v) is 17.3. The van der Waals surface area contributed by atoms with Crippen LogP contribution in [0, 0.1) is 11.8 Å². The summed E-state index contributed by atoms with van der Waals surface area (Å²) >= 11 is 0. The van der Waals surface area contributed by atoms with Gasteiger partial charge in [0.05, 0.1) is 24.7 Å². The van der Waals surface area contributed by atoms with Crippen LogP contribution in [0.5, 0.6) is 0 Å². The first-order valence-electron chi connectivity index (χ1n) is 11.5. The van der Waals surface area contributed by atoms with Crippen molar-refractivity contribution in [2.24, 2.45) is 11.8 Å². The van der Waals surface area contributed by atoms with Crippen LogP contribution in [0.2, 0.25) is 36.3 Å². The Morgan fingerprint density at radius 2 is 1.53 bits per heavy atom. The lowest BCUT2D eigenvalue weighted by Gasteiger charge is -2.40. The molecule has 0 bridgehead atoms. The molecule has 4 atom stereocenters. The molecular formula is C23H48O5Si2. The number of hydrogen-bond donors (Lipinski definition) is 1. The van der Waals surface area contributed by atoms with Crippen molar-refractivity contribution in [3.05, 3.63) is 0 Å². The van der Waals surface area contributed by atoms with Gasteiger partial charge in [0.25, 0.3) is 0 Å². The van der Waals surface area contributed by atoms with E-state index in [9.17, 15) is 9.90 Å². The number of aliphatic hydroxyl groups is 1. The lowest BCUT2D eigenvalue weighted by atomic mass is 9.85. The molecule has 1 aliphatic carbocycles. The molecule has 5 nitrogen and oxygen atoms in total. The zero-order valence-corrected chi connectivity index (χ0v) is 23.6. The maximum atomic E-state index is 12.3. The Bertz CT molecular complexity index is 591. The minimum absolute atomic E-state index is 0.00588. The topological polar surface area (TPSA) is 65.0 Å². The molecule has 0 aliphatic heterocycles. The minimum atomic E-state index is -2.01. The number of hydrogen-bond acceptors (Lipinski definition) is 5. The zero-order valence-electron chi connectivity index (χ0n) is 21.6. The Morgan fingerprint density at radius 3 is 1.97 bits per heavy atom. The van der Waals surface area contributed by atoms with Crippen LogP contribution < -0.4 is 0 Å². The lowest BCUT2D eigenvalue weighted by Crippen LogP contribution is -2.46. The molecule has 178 valence electrons. The van der Waals surface area contributed by atoms with Crippen LogP contribution >= 0.6 is 0 Å². The van der Waals surface area contributed by atoms with Gasteiger partial charge in [0.1, 0.15) is 0 Å². The number of carbonyl (C=O) groups excluding carboxylic acids is 1. The highest BCUT2D eigenvalue weighted by atomic mass is 28.4. The van der Waals surface area contributed by atoms with E-state index in [1.807, 2.05) is 0 Å². The lowest BCUT2D eigenvalue weighted by molar-refractivity contribution is -0.151. The van der Waals surface area contributed by atoms with Crippen LogP contribution in [-0.4, -0.2) is 52.6 Å². The van der Waals surface area contributed by atoms with Crippen LogP contribution in [0.4, 0.5) is 0 Å². The molecule has 1 N–H and O–H groups in total. The average Bonchev–Trinajstić information content (AvgIpc) is 2.73. The monoisotopic (exact) mass is 460 g/mol. The Morgan fingerprint density at radius 1 is 1.03 bits per heavy atom. The van der Waals surface area contributed by atoms with E-state index in [1.165, 1.54) is 0 Å². The van der Waals surface area contributed by atoms with Crippen molar-refractivity contribution in [3.8, 4) is 0 Å². The highest BCUT2D eigenvalue weighted by Crippen LogP contribution is 2.48. The summed E-state index contributed by atoms with van der Waals surface area (Å²) in [5, 5.41) is 11.8. The van der Waals surface area contributed by atoms with E-state index >= 15 is 0 Å². The number of rotatable bonds is 8. The van der Waals surface area contributed by atoms with Gasteiger partial charge in [-0.1, -0.05) is 48.5 Å². The van der Waals surface area contributed by atoms with Gasteiger partial charge in [0, 0.05) is 18.9 Å². The van der Waals surface area contributed by atoms with E-state index < -0.39 is 22.2 Å². The van der Waals surface area contributed by atoms with Crippen LogP contribution in [0.1, 0.15) is 68.2 Å². The van der Waals surface area contributed by atoms with Crippen LogP contribution in [0.15, 0.2) is 0 Å². The molecule has 0 aromatic rings. The first kappa shape index (κ1) is 27.8. The third-order valence-electron chi connectivity index (χ3n) is 7.90. The van der Waals surface area contributed by atoms with Gasteiger partial charge in [-0.05, 0) is 49.1 Å². The fraction of sp³-hybridized carbons (Fsp3) is 0.957. The molecule has 1 unspecified atom stereocenters. The summed E-state index contributed by atoms with van der Waals surface area (Å²) in [6.45, 7) is 26.9. The molecule has 0 spiro atoms. The molecule has 0 heterocycles. The molecule has 1 fully saturated rings. The first-order chi connectivity index (χ1) is 13.3. The molecule has 1 aliphatic rings. The Hall–Kier alpha value is -0.216.